The van der Waals surface area contributed by atoms with Crippen LogP contribution in [0.3, 0.4) is 0 Å². The third kappa shape index (κ3) is 1.91. The minimum absolute atomic E-state index is 0.0277. The maximum absolute atomic E-state index is 9.23. The average molecular weight is 232 g/mol. The topological polar surface area (TPSA) is 42.6 Å². The molecule has 3 nitrogen and oxygen atoms in total. The fourth-order valence-electron chi connectivity index (χ4n) is 2.12. The van der Waals surface area contributed by atoms with Crippen molar-refractivity contribution in [3.63, 3.8) is 0 Å². The van der Waals surface area contributed by atoms with Crippen molar-refractivity contribution in [1.82, 2.24) is 0 Å². The van der Waals surface area contributed by atoms with Gasteiger partial charge in [0.2, 0.25) is 0 Å². The lowest BCUT2D eigenvalue weighted by Gasteiger charge is -2.05. The highest BCUT2D eigenvalue weighted by Crippen LogP contribution is 2.43. The van der Waals surface area contributed by atoms with Crippen LogP contribution in [0.1, 0.15) is 37.0 Å². The zero-order chi connectivity index (χ0) is 11.8. The van der Waals surface area contributed by atoms with Gasteiger partial charge in [0.15, 0.2) is 11.3 Å². The monoisotopic (exact) mass is 232 g/mol. The second kappa shape index (κ2) is 4.08. The molecule has 1 N–H and O–H groups in total. The van der Waals surface area contributed by atoms with E-state index in [1.807, 2.05) is 19.1 Å². The Morgan fingerprint density at radius 1 is 1.35 bits per heavy atom. The van der Waals surface area contributed by atoms with Gasteiger partial charge in [-0.2, -0.15) is 0 Å². The third-order valence-electron chi connectivity index (χ3n) is 3.12. The summed E-state index contributed by atoms with van der Waals surface area (Å²) in [6.45, 7) is 2.57. The summed E-state index contributed by atoms with van der Waals surface area (Å²) in [5.41, 5.74) is 1.68. The van der Waals surface area contributed by atoms with Gasteiger partial charge in [0.1, 0.15) is 5.76 Å². The summed E-state index contributed by atoms with van der Waals surface area (Å²) >= 11 is 0. The molecule has 90 valence electrons. The normalized spacial score (nSPS) is 15.4. The van der Waals surface area contributed by atoms with Gasteiger partial charge in [-0.3, -0.25) is 0 Å². The van der Waals surface area contributed by atoms with Crippen LogP contribution in [-0.2, 0) is 6.61 Å². The Kier molecular flexibility index (Phi) is 2.56. The lowest BCUT2D eigenvalue weighted by molar-refractivity contribution is 0.280. The highest BCUT2D eigenvalue weighted by molar-refractivity contribution is 5.85. The Bertz CT molecular complexity index is 538. The van der Waals surface area contributed by atoms with Crippen molar-refractivity contribution < 1.29 is 14.3 Å². The summed E-state index contributed by atoms with van der Waals surface area (Å²) in [5.74, 6) is 2.38. The van der Waals surface area contributed by atoms with Crippen molar-refractivity contribution >= 4 is 11.0 Å². The maximum Gasteiger partial charge on any atom is 0.176 e. The van der Waals surface area contributed by atoms with E-state index in [0.29, 0.717) is 12.5 Å². The van der Waals surface area contributed by atoms with Gasteiger partial charge in [0.25, 0.3) is 0 Å². The molecule has 0 amide bonds. The fourth-order valence-corrected chi connectivity index (χ4v) is 2.12. The number of benzene rings is 1. The van der Waals surface area contributed by atoms with Crippen LogP contribution in [0.25, 0.3) is 11.0 Å². The molecule has 2 aromatic rings. The molecule has 3 heteroatoms. The molecule has 3 rings (SSSR count). The van der Waals surface area contributed by atoms with Crippen LogP contribution in [0, 0.1) is 0 Å². The smallest absolute Gasteiger partial charge is 0.176 e. The van der Waals surface area contributed by atoms with E-state index in [2.05, 4.69) is 6.07 Å². The molecule has 1 aliphatic carbocycles. The molecule has 0 bridgehead atoms. The van der Waals surface area contributed by atoms with Gasteiger partial charge in [-0.1, -0.05) is 0 Å². The van der Waals surface area contributed by atoms with Gasteiger partial charge >= 0.3 is 0 Å². The Hall–Kier alpha value is -1.48. The number of fused-ring (bicyclic) bond motifs is 1. The number of hydrogen-bond donors (Lipinski definition) is 1. The highest BCUT2D eigenvalue weighted by Gasteiger charge is 2.27. The lowest BCUT2D eigenvalue weighted by atomic mass is 10.1. The molecule has 1 heterocycles. The maximum atomic E-state index is 9.23. The Morgan fingerprint density at radius 2 is 2.18 bits per heavy atom. The molecule has 0 saturated heterocycles. The van der Waals surface area contributed by atoms with Gasteiger partial charge in [0, 0.05) is 11.3 Å². The van der Waals surface area contributed by atoms with E-state index in [4.69, 9.17) is 9.15 Å². The molecule has 17 heavy (non-hydrogen) atoms. The number of ether oxygens (including phenoxy) is 1. The van der Waals surface area contributed by atoms with E-state index in [1.165, 1.54) is 12.8 Å². The molecule has 0 spiro atoms. The van der Waals surface area contributed by atoms with Gasteiger partial charge in [-0.15, -0.1) is 0 Å². The van der Waals surface area contributed by atoms with Crippen molar-refractivity contribution in [2.75, 3.05) is 6.61 Å². The molecule has 0 radical (unpaired) electrons. The van der Waals surface area contributed by atoms with E-state index < -0.39 is 0 Å². The van der Waals surface area contributed by atoms with E-state index in [0.717, 1.165) is 28.0 Å². The van der Waals surface area contributed by atoms with Crippen LogP contribution in [0.15, 0.2) is 22.6 Å². The first-order valence-corrected chi connectivity index (χ1v) is 6.12. The highest BCUT2D eigenvalue weighted by atomic mass is 16.5. The average Bonchev–Trinajstić information content (AvgIpc) is 3.09. The Morgan fingerprint density at radius 3 is 2.82 bits per heavy atom. The van der Waals surface area contributed by atoms with Gasteiger partial charge in [-0.25, -0.2) is 0 Å². The first kappa shape index (κ1) is 10.7. The minimum Gasteiger partial charge on any atom is -0.490 e. The summed E-state index contributed by atoms with van der Waals surface area (Å²) < 4.78 is 11.4. The number of aliphatic hydroxyl groups excluding tert-OH is 1. The zero-order valence-electron chi connectivity index (χ0n) is 9.90. The van der Waals surface area contributed by atoms with E-state index in [9.17, 15) is 5.11 Å². The van der Waals surface area contributed by atoms with Crippen molar-refractivity contribution in [3.05, 3.63) is 29.5 Å². The van der Waals surface area contributed by atoms with Crippen LogP contribution >= 0.6 is 0 Å². The SMILES string of the molecule is CCOc1cc(CO)cc2cc(C3CC3)oc12. The van der Waals surface area contributed by atoms with Crippen LogP contribution in [-0.4, -0.2) is 11.7 Å². The molecule has 1 aliphatic rings. The number of rotatable bonds is 4. The summed E-state index contributed by atoms with van der Waals surface area (Å²) in [6, 6.07) is 5.90. The first-order chi connectivity index (χ1) is 8.31. The van der Waals surface area contributed by atoms with Gasteiger partial charge in [0.05, 0.1) is 13.2 Å². The summed E-state index contributed by atoms with van der Waals surface area (Å²) in [7, 11) is 0. The lowest BCUT2D eigenvalue weighted by Crippen LogP contribution is -1.93. The number of hydrogen-bond acceptors (Lipinski definition) is 3. The van der Waals surface area contributed by atoms with Gasteiger partial charge in [-0.05, 0) is 43.5 Å². The zero-order valence-corrected chi connectivity index (χ0v) is 9.90. The second-order valence-electron chi connectivity index (χ2n) is 4.53. The van der Waals surface area contributed by atoms with Crippen molar-refractivity contribution in [2.45, 2.75) is 32.3 Å². The molecule has 0 unspecified atom stereocenters. The predicted molar refractivity (Wildman–Crippen MR) is 65.3 cm³/mol. The molecule has 1 saturated carbocycles. The first-order valence-electron chi connectivity index (χ1n) is 6.12. The Labute approximate surface area is 100.0 Å². The molecular formula is C14H16O3. The van der Waals surface area contributed by atoms with Crippen molar-refractivity contribution in [3.8, 4) is 5.75 Å². The van der Waals surface area contributed by atoms with Crippen molar-refractivity contribution in [2.24, 2.45) is 0 Å². The third-order valence-corrected chi connectivity index (χ3v) is 3.12. The second-order valence-corrected chi connectivity index (χ2v) is 4.53. The molecular weight excluding hydrogens is 216 g/mol. The predicted octanol–water partition coefficient (Wildman–Crippen LogP) is 3.20. The Balaban J connectivity index is 2.13. The summed E-state index contributed by atoms with van der Waals surface area (Å²) in [4.78, 5) is 0. The molecule has 1 fully saturated rings. The minimum atomic E-state index is 0.0277. The van der Waals surface area contributed by atoms with Crippen LogP contribution < -0.4 is 4.74 Å². The fraction of sp³-hybridized carbons (Fsp3) is 0.429. The van der Waals surface area contributed by atoms with Crippen LogP contribution in [0.5, 0.6) is 5.75 Å². The quantitative estimate of drug-likeness (QED) is 0.880. The number of furan rings is 1. The summed E-state index contributed by atoms with van der Waals surface area (Å²) in [6.07, 6.45) is 2.44. The standard InChI is InChI=1S/C14H16O3/c1-2-16-13-6-9(8-15)5-11-7-12(10-3-4-10)17-14(11)13/h5-7,10,15H,2-4,8H2,1H3. The summed E-state index contributed by atoms with van der Waals surface area (Å²) in [5, 5.41) is 10.3. The van der Waals surface area contributed by atoms with Crippen molar-refractivity contribution in [1.29, 1.82) is 0 Å². The molecule has 0 atom stereocenters. The number of aliphatic hydroxyl groups is 1. The molecule has 1 aromatic carbocycles. The molecule has 0 aliphatic heterocycles. The van der Waals surface area contributed by atoms with E-state index in [1.54, 1.807) is 0 Å². The van der Waals surface area contributed by atoms with Crippen LogP contribution in [0.2, 0.25) is 0 Å². The van der Waals surface area contributed by atoms with E-state index >= 15 is 0 Å². The van der Waals surface area contributed by atoms with Gasteiger partial charge < -0.3 is 14.3 Å². The largest absolute Gasteiger partial charge is 0.490 e. The van der Waals surface area contributed by atoms with Crippen LogP contribution in [0.4, 0.5) is 0 Å². The van der Waals surface area contributed by atoms with E-state index in [-0.39, 0.29) is 6.61 Å². The molecule has 1 aromatic heterocycles.